The van der Waals surface area contributed by atoms with Crippen LogP contribution in [0, 0.1) is 17.3 Å². The fraction of sp³-hybridized carbons (Fsp3) is 1.00. The van der Waals surface area contributed by atoms with Crippen molar-refractivity contribution in [3.05, 3.63) is 0 Å². The zero-order valence-corrected chi connectivity index (χ0v) is 10.6. The summed E-state index contributed by atoms with van der Waals surface area (Å²) >= 11 is 0. The van der Waals surface area contributed by atoms with E-state index in [-0.39, 0.29) is 5.41 Å². The van der Waals surface area contributed by atoms with Crippen LogP contribution >= 0.6 is 0 Å². The summed E-state index contributed by atoms with van der Waals surface area (Å²) < 4.78 is 11.4. The maximum Gasteiger partial charge on any atom is 0.0682 e. The Morgan fingerprint density at radius 1 is 1.06 bits per heavy atom. The Morgan fingerprint density at radius 3 is 2.47 bits per heavy atom. The van der Waals surface area contributed by atoms with E-state index in [0.29, 0.717) is 12.7 Å². The van der Waals surface area contributed by atoms with E-state index in [0.717, 1.165) is 44.5 Å². The molecule has 1 N–H and O–H groups in total. The Hall–Kier alpha value is -0.120. The van der Waals surface area contributed by atoms with Crippen LogP contribution in [0.3, 0.4) is 0 Å². The van der Waals surface area contributed by atoms with Crippen LogP contribution < -0.4 is 0 Å². The van der Waals surface area contributed by atoms with Gasteiger partial charge < -0.3 is 14.6 Å². The van der Waals surface area contributed by atoms with Crippen molar-refractivity contribution in [1.82, 2.24) is 0 Å². The molecule has 0 bridgehead atoms. The second-order valence-corrected chi connectivity index (χ2v) is 6.16. The lowest BCUT2D eigenvalue weighted by molar-refractivity contribution is -0.0269. The van der Waals surface area contributed by atoms with E-state index in [1.165, 1.54) is 25.7 Å². The van der Waals surface area contributed by atoms with Gasteiger partial charge in [-0.15, -0.1) is 0 Å². The summed E-state index contributed by atoms with van der Waals surface area (Å²) in [4.78, 5) is 0. The molecule has 0 aromatic rings. The molecule has 0 aromatic carbocycles. The molecule has 3 fully saturated rings. The molecule has 2 aliphatic heterocycles. The molecular weight excluding hydrogens is 216 g/mol. The molecular formula is C14H24O3. The third-order valence-corrected chi connectivity index (χ3v) is 4.90. The van der Waals surface area contributed by atoms with Crippen LogP contribution in [0.1, 0.15) is 38.5 Å². The molecule has 98 valence electrons. The molecule has 3 heteroatoms. The summed E-state index contributed by atoms with van der Waals surface area (Å²) in [6.45, 7) is 2.97. The van der Waals surface area contributed by atoms with E-state index in [4.69, 9.17) is 9.47 Å². The quantitative estimate of drug-likeness (QED) is 0.816. The van der Waals surface area contributed by atoms with Crippen molar-refractivity contribution in [2.24, 2.45) is 17.3 Å². The third kappa shape index (κ3) is 2.38. The zero-order chi connectivity index (χ0) is 11.7. The van der Waals surface area contributed by atoms with Crippen LogP contribution in [0.4, 0.5) is 0 Å². The highest BCUT2D eigenvalue weighted by Crippen LogP contribution is 2.51. The van der Waals surface area contributed by atoms with Crippen LogP contribution in [-0.4, -0.2) is 37.6 Å². The van der Waals surface area contributed by atoms with Crippen LogP contribution in [-0.2, 0) is 9.47 Å². The summed E-state index contributed by atoms with van der Waals surface area (Å²) in [5, 5.41) is 9.88. The molecule has 3 nitrogen and oxygen atoms in total. The van der Waals surface area contributed by atoms with E-state index in [2.05, 4.69) is 0 Å². The van der Waals surface area contributed by atoms with Crippen LogP contribution in [0.2, 0.25) is 0 Å². The summed E-state index contributed by atoms with van der Waals surface area (Å²) in [6, 6.07) is 0. The van der Waals surface area contributed by atoms with Crippen molar-refractivity contribution in [2.45, 2.75) is 44.6 Å². The molecule has 1 saturated carbocycles. The van der Waals surface area contributed by atoms with Crippen molar-refractivity contribution < 1.29 is 14.6 Å². The van der Waals surface area contributed by atoms with Crippen LogP contribution in [0.5, 0.6) is 0 Å². The molecule has 17 heavy (non-hydrogen) atoms. The van der Waals surface area contributed by atoms with E-state index in [1.54, 1.807) is 0 Å². The predicted octanol–water partition coefficient (Wildman–Crippen LogP) is 1.98. The van der Waals surface area contributed by atoms with E-state index in [9.17, 15) is 5.11 Å². The van der Waals surface area contributed by atoms with Crippen molar-refractivity contribution >= 4 is 0 Å². The van der Waals surface area contributed by atoms with Gasteiger partial charge in [0.2, 0.25) is 0 Å². The molecule has 0 radical (unpaired) electrons. The molecule has 0 amide bonds. The molecule has 2 atom stereocenters. The first-order chi connectivity index (χ1) is 8.34. The number of aliphatic hydroxyl groups is 1. The van der Waals surface area contributed by atoms with Gasteiger partial charge in [0, 0.05) is 25.2 Å². The Balaban J connectivity index is 1.67. The van der Waals surface area contributed by atoms with Gasteiger partial charge in [-0.05, 0) is 50.4 Å². The molecule has 2 unspecified atom stereocenters. The summed E-state index contributed by atoms with van der Waals surface area (Å²) in [7, 11) is 0. The van der Waals surface area contributed by atoms with Gasteiger partial charge >= 0.3 is 0 Å². The Morgan fingerprint density at radius 2 is 1.82 bits per heavy atom. The highest BCUT2D eigenvalue weighted by Gasteiger charge is 2.51. The number of ether oxygens (including phenoxy) is 2. The highest BCUT2D eigenvalue weighted by molar-refractivity contribution is 5.00. The second-order valence-electron chi connectivity index (χ2n) is 6.16. The van der Waals surface area contributed by atoms with Gasteiger partial charge in [-0.1, -0.05) is 0 Å². The first-order valence-electron chi connectivity index (χ1n) is 7.14. The molecule has 0 spiro atoms. The Bertz CT molecular complexity index is 258. The monoisotopic (exact) mass is 240 g/mol. The van der Waals surface area contributed by atoms with E-state index < -0.39 is 0 Å². The minimum absolute atomic E-state index is 0.0726. The van der Waals surface area contributed by atoms with Gasteiger partial charge in [0.05, 0.1) is 12.7 Å². The van der Waals surface area contributed by atoms with Crippen molar-refractivity contribution in [2.75, 3.05) is 26.4 Å². The summed E-state index contributed by atoms with van der Waals surface area (Å²) in [5.41, 5.74) is 0.0726. The number of hydrogen-bond acceptors (Lipinski definition) is 3. The van der Waals surface area contributed by atoms with Gasteiger partial charge in [0.1, 0.15) is 0 Å². The zero-order valence-electron chi connectivity index (χ0n) is 10.6. The standard InChI is InChI=1S/C14H24O3/c15-10-14(9-11-3-6-16-7-4-11)5-8-17-13(14)12-1-2-12/h11-13,15H,1-10H2. The average molecular weight is 240 g/mol. The lowest BCUT2D eigenvalue weighted by atomic mass is 9.71. The summed E-state index contributed by atoms with van der Waals surface area (Å²) in [6.07, 6.45) is 7.49. The van der Waals surface area contributed by atoms with Crippen molar-refractivity contribution in [3.8, 4) is 0 Å². The van der Waals surface area contributed by atoms with Crippen molar-refractivity contribution in [3.63, 3.8) is 0 Å². The molecule has 2 heterocycles. The minimum atomic E-state index is 0.0726. The third-order valence-electron chi connectivity index (χ3n) is 4.90. The number of aliphatic hydroxyl groups excluding tert-OH is 1. The molecule has 0 aromatic heterocycles. The largest absolute Gasteiger partial charge is 0.396 e. The van der Waals surface area contributed by atoms with Gasteiger partial charge in [-0.2, -0.15) is 0 Å². The normalized spacial score (nSPS) is 39.7. The summed E-state index contributed by atoms with van der Waals surface area (Å²) in [5.74, 6) is 1.48. The van der Waals surface area contributed by atoms with Crippen molar-refractivity contribution in [1.29, 1.82) is 0 Å². The fourth-order valence-electron chi connectivity index (χ4n) is 3.72. The maximum atomic E-state index is 9.88. The number of rotatable bonds is 4. The van der Waals surface area contributed by atoms with Gasteiger partial charge in [-0.3, -0.25) is 0 Å². The smallest absolute Gasteiger partial charge is 0.0682 e. The molecule has 3 aliphatic rings. The van der Waals surface area contributed by atoms with Crippen LogP contribution in [0.15, 0.2) is 0 Å². The van der Waals surface area contributed by atoms with E-state index >= 15 is 0 Å². The molecule has 3 rings (SSSR count). The molecule has 2 saturated heterocycles. The van der Waals surface area contributed by atoms with Crippen LogP contribution in [0.25, 0.3) is 0 Å². The Labute approximate surface area is 103 Å². The fourth-order valence-corrected chi connectivity index (χ4v) is 3.72. The second kappa shape index (κ2) is 4.87. The van der Waals surface area contributed by atoms with Gasteiger partial charge in [0.25, 0.3) is 0 Å². The highest BCUT2D eigenvalue weighted by atomic mass is 16.5. The first-order valence-corrected chi connectivity index (χ1v) is 7.14. The maximum absolute atomic E-state index is 9.88. The number of hydrogen-bond donors (Lipinski definition) is 1. The van der Waals surface area contributed by atoms with Gasteiger partial charge in [-0.25, -0.2) is 0 Å². The minimum Gasteiger partial charge on any atom is -0.396 e. The average Bonchev–Trinajstić information content (AvgIpc) is 3.13. The van der Waals surface area contributed by atoms with E-state index in [1.807, 2.05) is 0 Å². The van der Waals surface area contributed by atoms with Gasteiger partial charge in [0.15, 0.2) is 0 Å². The molecule has 1 aliphatic carbocycles. The topological polar surface area (TPSA) is 38.7 Å². The first kappa shape index (κ1) is 11.9. The Kier molecular flexibility index (Phi) is 3.42. The lowest BCUT2D eigenvalue weighted by Crippen LogP contribution is -2.39. The lowest BCUT2D eigenvalue weighted by Gasteiger charge is -2.37. The predicted molar refractivity (Wildman–Crippen MR) is 64.8 cm³/mol. The SMILES string of the molecule is OCC1(CC2CCOCC2)CCOC1C1CC1.